The standard InChI is InChI=1S/C12H15N3O/c13-11-2-1-4-15-7-10(14-12(11)15)6-9-3-5-16-8-9/h1-2,4,7,9H,3,5-6,8,13H2. The number of aromatic nitrogens is 2. The fourth-order valence-corrected chi connectivity index (χ4v) is 2.22. The molecule has 3 rings (SSSR count). The molecule has 1 aliphatic heterocycles. The molecule has 0 aromatic carbocycles. The van der Waals surface area contributed by atoms with Crippen LogP contribution in [0.4, 0.5) is 5.69 Å². The minimum atomic E-state index is 0.617. The van der Waals surface area contributed by atoms with E-state index in [0.29, 0.717) is 5.92 Å². The highest BCUT2D eigenvalue weighted by molar-refractivity contribution is 5.64. The number of nitrogens with two attached hydrogens (primary N) is 1. The summed E-state index contributed by atoms with van der Waals surface area (Å²) in [7, 11) is 0. The van der Waals surface area contributed by atoms with Crippen molar-refractivity contribution in [3.63, 3.8) is 0 Å². The number of pyridine rings is 1. The first-order chi connectivity index (χ1) is 7.83. The normalized spacial score (nSPS) is 20.6. The molecule has 1 unspecified atom stereocenters. The van der Waals surface area contributed by atoms with Crippen molar-refractivity contribution in [2.24, 2.45) is 5.92 Å². The molecule has 0 amide bonds. The van der Waals surface area contributed by atoms with E-state index in [0.717, 1.165) is 43.1 Å². The second-order valence-electron chi connectivity index (χ2n) is 4.36. The Morgan fingerprint density at radius 2 is 2.50 bits per heavy atom. The molecule has 0 radical (unpaired) electrons. The van der Waals surface area contributed by atoms with Crippen molar-refractivity contribution in [3.8, 4) is 0 Å². The van der Waals surface area contributed by atoms with Gasteiger partial charge in [0.25, 0.3) is 0 Å². The van der Waals surface area contributed by atoms with Crippen molar-refractivity contribution >= 4 is 11.3 Å². The van der Waals surface area contributed by atoms with Gasteiger partial charge in [0.2, 0.25) is 0 Å². The highest BCUT2D eigenvalue weighted by atomic mass is 16.5. The van der Waals surface area contributed by atoms with E-state index in [1.165, 1.54) is 0 Å². The Balaban J connectivity index is 1.90. The van der Waals surface area contributed by atoms with Gasteiger partial charge in [-0.15, -0.1) is 0 Å². The van der Waals surface area contributed by atoms with Crippen molar-refractivity contribution in [3.05, 3.63) is 30.2 Å². The van der Waals surface area contributed by atoms with Crippen LogP contribution in [-0.2, 0) is 11.2 Å². The lowest BCUT2D eigenvalue weighted by Gasteiger charge is -2.02. The van der Waals surface area contributed by atoms with E-state index < -0.39 is 0 Å². The quantitative estimate of drug-likeness (QED) is 0.829. The maximum atomic E-state index is 5.87. The fourth-order valence-electron chi connectivity index (χ4n) is 2.22. The van der Waals surface area contributed by atoms with E-state index in [2.05, 4.69) is 11.2 Å². The molecule has 2 N–H and O–H groups in total. The van der Waals surface area contributed by atoms with Crippen molar-refractivity contribution < 1.29 is 4.74 Å². The second kappa shape index (κ2) is 3.79. The van der Waals surface area contributed by atoms with E-state index in [4.69, 9.17) is 10.5 Å². The first kappa shape index (κ1) is 9.66. The predicted molar refractivity (Wildman–Crippen MR) is 62.2 cm³/mol. The number of imidazole rings is 1. The lowest BCUT2D eigenvalue weighted by molar-refractivity contribution is 0.185. The molecule has 0 saturated carbocycles. The summed E-state index contributed by atoms with van der Waals surface area (Å²) in [5.41, 5.74) is 8.57. The minimum Gasteiger partial charge on any atom is -0.396 e. The SMILES string of the molecule is Nc1cccn2cc(CC3CCOC3)nc12. The molecular formula is C12H15N3O. The van der Waals surface area contributed by atoms with Crippen LogP contribution in [0.3, 0.4) is 0 Å². The number of hydrogen-bond acceptors (Lipinski definition) is 3. The first-order valence-corrected chi connectivity index (χ1v) is 5.63. The molecule has 4 heteroatoms. The zero-order valence-electron chi connectivity index (χ0n) is 9.10. The lowest BCUT2D eigenvalue weighted by atomic mass is 10.0. The van der Waals surface area contributed by atoms with Crippen LogP contribution in [-0.4, -0.2) is 22.6 Å². The number of nitrogen functional groups attached to an aromatic ring is 1. The average molecular weight is 217 g/mol. The summed E-state index contributed by atoms with van der Waals surface area (Å²) in [5.74, 6) is 0.617. The molecule has 1 saturated heterocycles. The Kier molecular flexibility index (Phi) is 2.29. The van der Waals surface area contributed by atoms with Crippen molar-refractivity contribution in [1.29, 1.82) is 0 Å². The summed E-state index contributed by atoms with van der Waals surface area (Å²) >= 11 is 0. The lowest BCUT2D eigenvalue weighted by Crippen LogP contribution is -2.03. The Morgan fingerprint density at radius 3 is 3.25 bits per heavy atom. The van der Waals surface area contributed by atoms with Crippen LogP contribution in [0.2, 0.25) is 0 Å². The van der Waals surface area contributed by atoms with E-state index in [-0.39, 0.29) is 0 Å². The van der Waals surface area contributed by atoms with Gasteiger partial charge in [0.1, 0.15) is 0 Å². The number of hydrogen-bond donors (Lipinski definition) is 1. The van der Waals surface area contributed by atoms with E-state index in [1.54, 1.807) is 0 Å². The molecule has 0 bridgehead atoms. The number of ether oxygens (including phenoxy) is 1. The summed E-state index contributed by atoms with van der Waals surface area (Å²) in [5, 5.41) is 0. The third-order valence-corrected chi connectivity index (χ3v) is 3.08. The summed E-state index contributed by atoms with van der Waals surface area (Å²) in [6, 6.07) is 3.82. The third-order valence-electron chi connectivity index (χ3n) is 3.08. The van der Waals surface area contributed by atoms with Crippen molar-refractivity contribution in [1.82, 2.24) is 9.38 Å². The molecule has 3 heterocycles. The Labute approximate surface area is 94.0 Å². The molecule has 1 fully saturated rings. The van der Waals surface area contributed by atoms with Crippen LogP contribution in [0.1, 0.15) is 12.1 Å². The van der Waals surface area contributed by atoms with Crippen LogP contribution < -0.4 is 5.73 Å². The monoisotopic (exact) mass is 217 g/mol. The second-order valence-corrected chi connectivity index (χ2v) is 4.36. The molecule has 84 valence electrons. The van der Waals surface area contributed by atoms with Crippen LogP contribution in [0.5, 0.6) is 0 Å². The average Bonchev–Trinajstić information content (AvgIpc) is 2.88. The number of nitrogens with zero attached hydrogens (tertiary/aromatic N) is 2. The summed E-state index contributed by atoms with van der Waals surface area (Å²) in [6.07, 6.45) is 6.17. The minimum absolute atomic E-state index is 0.617. The molecule has 0 aliphatic carbocycles. The van der Waals surface area contributed by atoms with Gasteiger partial charge >= 0.3 is 0 Å². The maximum absolute atomic E-state index is 5.87. The van der Waals surface area contributed by atoms with Gasteiger partial charge in [0, 0.05) is 25.6 Å². The van der Waals surface area contributed by atoms with Gasteiger partial charge in [-0.25, -0.2) is 4.98 Å². The first-order valence-electron chi connectivity index (χ1n) is 5.63. The molecule has 4 nitrogen and oxygen atoms in total. The topological polar surface area (TPSA) is 52.5 Å². The van der Waals surface area contributed by atoms with Gasteiger partial charge in [-0.1, -0.05) is 0 Å². The van der Waals surface area contributed by atoms with Gasteiger partial charge in [-0.2, -0.15) is 0 Å². The summed E-state index contributed by atoms with van der Waals surface area (Å²) < 4.78 is 7.35. The number of anilines is 1. The molecule has 1 aliphatic rings. The summed E-state index contributed by atoms with van der Waals surface area (Å²) in [6.45, 7) is 1.75. The molecule has 2 aromatic rings. The van der Waals surface area contributed by atoms with Crippen LogP contribution in [0, 0.1) is 5.92 Å². The van der Waals surface area contributed by atoms with E-state index in [1.807, 2.05) is 22.7 Å². The van der Waals surface area contributed by atoms with Gasteiger partial charge < -0.3 is 14.9 Å². The zero-order chi connectivity index (χ0) is 11.0. The van der Waals surface area contributed by atoms with Gasteiger partial charge in [-0.05, 0) is 30.9 Å². The van der Waals surface area contributed by atoms with Crippen LogP contribution in [0.15, 0.2) is 24.5 Å². The Hall–Kier alpha value is -1.55. The molecule has 1 atom stereocenters. The largest absolute Gasteiger partial charge is 0.396 e. The fraction of sp³-hybridized carbons (Fsp3) is 0.417. The van der Waals surface area contributed by atoms with E-state index >= 15 is 0 Å². The Morgan fingerprint density at radius 1 is 1.56 bits per heavy atom. The van der Waals surface area contributed by atoms with Crippen LogP contribution >= 0.6 is 0 Å². The highest BCUT2D eigenvalue weighted by Gasteiger charge is 2.17. The van der Waals surface area contributed by atoms with Gasteiger partial charge in [0.05, 0.1) is 11.4 Å². The third kappa shape index (κ3) is 1.65. The van der Waals surface area contributed by atoms with Crippen LogP contribution in [0.25, 0.3) is 5.65 Å². The summed E-state index contributed by atoms with van der Waals surface area (Å²) in [4.78, 5) is 4.56. The highest BCUT2D eigenvalue weighted by Crippen LogP contribution is 2.19. The van der Waals surface area contributed by atoms with E-state index in [9.17, 15) is 0 Å². The smallest absolute Gasteiger partial charge is 0.160 e. The predicted octanol–water partition coefficient (Wildman–Crippen LogP) is 1.50. The van der Waals surface area contributed by atoms with Crippen molar-refractivity contribution in [2.45, 2.75) is 12.8 Å². The Bertz CT molecular complexity index is 500. The number of fused-ring (bicyclic) bond motifs is 1. The molecule has 0 spiro atoms. The molecule has 16 heavy (non-hydrogen) atoms. The van der Waals surface area contributed by atoms with Gasteiger partial charge in [0.15, 0.2) is 5.65 Å². The number of rotatable bonds is 2. The van der Waals surface area contributed by atoms with Gasteiger partial charge in [-0.3, -0.25) is 0 Å². The molecule has 2 aromatic heterocycles. The van der Waals surface area contributed by atoms with Crippen molar-refractivity contribution in [2.75, 3.05) is 18.9 Å². The zero-order valence-corrected chi connectivity index (χ0v) is 9.10. The maximum Gasteiger partial charge on any atom is 0.160 e. The molecular weight excluding hydrogens is 202 g/mol.